The Morgan fingerprint density at radius 2 is 1.49 bits per heavy atom. The SMILES string of the molecule is Cc1ccccc1C1=c2ccc3c(c2C(C)(c2ccc4ccccc4c2F)CC1)CC=c1ccccc1=3. The molecule has 0 bridgehead atoms. The van der Waals surface area contributed by atoms with Gasteiger partial charge in [0.25, 0.3) is 0 Å². The van der Waals surface area contributed by atoms with Crippen molar-refractivity contribution in [1.29, 1.82) is 0 Å². The lowest BCUT2D eigenvalue weighted by atomic mass is 9.65. The Morgan fingerprint density at radius 1 is 0.730 bits per heavy atom. The molecule has 0 radical (unpaired) electrons. The summed E-state index contributed by atoms with van der Waals surface area (Å²) in [5, 5.41) is 6.78. The van der Waals surface area contributed by atoms with E-state index in [1.807, 2.05) is 30.3 Å². The number of hydrogen-bond donors (Lipinski definition) is 0. The molecule has 0 aromatic heterocycles. The van der Waals surface area contributed by atoms with E-state index in [4.69, 9.17) is 0 Å². The second-order valence-corrected chi connectivity index (χ2v) is 10.8. The van der Waals surface area contributed by atoms with E-state index in [0.717, 1.165) is 30.2 Å². The molecule has 1 atom stereocenters. The van der Waals surface area contributed by atoms with Gasteiger partial charge in [0.1, 0.15) is 5.82 Å². The zero-order valence-electron chi connectivity index (χ0n) is 21.3. The summed E-state index contributed by atoms with van der Waals surface area (Å²) in [5.74, 6) is -0.0799. The quantitative estimate of drug-likeness (QED) is 0.250. The van der Waals surface area contributed by atoms with Crippen molar-refractivity contribution in [3.8, 4) is 0 Å². The van der Waals surface area contributed by atoms with Crippen molar-refractivity contribution in [1.82, 2.24) is 0 Å². The first-order valence-corrected chi connectivity index (χ1v) is 13.2. The minimum Gasteiger partial charge on any atom is -0.206 e. The van der Waals surface area contributed by atoms with Crippen LogP contribution in [0, 0.1) is 23.2 Å². The molecule has 1 heteroatoms. The molecule has 0 nitrogen and oxygen atoms in total. The Balaban J connectivity index is 1.64. The maximum atomic E-state index is 16.3. The molecule has 5 aromatic rings. The summed E-state index contributed by atoms with van der Waals surface area (Å²) in [5.41, 5.74) is 7.01. The molecule has 7 rings (SSSR count). The highest BCUT2D eigenvalue weighted by Crippen LogP contribution is 2.44. The number of hydrogen-bond acceptors (Lipinski definition) is 0. The highest BCUT2D eigenvalue weighted by Gasteiger charge is 2.38. The smallest absolute Gasteiger partial charge is 0.135 e. The molecule has 0 aliphatic heterocycles. The van der Waals surface area contributed by atoms with Crippen LogP contribution >= 0.6 is 0 Å². The Kier molecular flexibility index (Phi) is 4.98. The lowest BCUT2D eigenvalue weighted by Crippen LogP contribution is -2.38. The molecule has 1 unspecified atom stereocenters. The molecule has 2 aliphatic rings. The molecule has 0 heterocycles. The van der Waals surface area contributed by atoms with Gasteiger partial charge in [0.2, 0.25) is 0 Å². The van der Waals surface area contributed by atoms with Crippen LogP contribution in [0.25, 0.3) is 22.4 Å². The van der Waals surface area contributed by atoms with E-state index in [-0.39, 0.29) is 5.82 Å². The first-order valence-electron chi connectivity index (χ1n) is 13.2. The van der Waals surface area contributed by atoms with Crippen LogP contribution in [-0.2, 0) is 11.8 Å². The van der Waals surface area contributed by atoms with Gasteiger partial charge in [-0.15, -0.1) is 0 Å². The summed E-state index contributed by atoms with van der Waals surface area (Å²) < 4.78 is 16.3. The van der Waals surface area contributed by atoms with E-state index in [2.05, 4.69) is 86.7 Å². The zero-order valence-corrected chi connectivity index (χ0v) is 21.3. The fraction of sp³-hybridized carbons (Fsp3) is 0.167. The van der Waals surface area contributed by atoms with E-state index in [0.29, 0.717) is 5.39 Å². The third kappa shape index (κ3) is 3.27. The van der Waals surface area contributed by atoms with Gasteiger partial charge in [0.15, 0.2) is 0 Å². The van der Waals surface area contributed by atoms with Gasteiger partial charge >= 0.3 is 0 Å². The minimum absolute atomic E-state index is 0.0799. The van der Waals surface area contributed by atoms with Crippen molar-refractivity contribution in [3.05, 3.63) is 152 Å². The summed E-state index contributed by atoms with van der Waals surface area (Å²) in [6.45, 7) is 4.47. The molecule has 37 heavy (non-hydrogen) atoms. The third-order valence-corrected chi connectivity index (χ3v) is 8.77. The summed E-state index contributed by atoms with van der Waals surface area (Å²) in [7, 11) is 0. The summed E-state index contributed by atoms with van der Waals surface area (Å²) in [4.78, 5) is 0. The Bertz CT molecular complexity index is 1950. The van der Waals surface area contributed by atoms with Crippen LogP contribution in [0.1, 0.15) is 47.6 Å². The first-order chi connectivity index (χ1) is 18.1. The lowest BCUT2D eigenvalue weighted by molar-refractivity contribution is 0.478. The van der Waals surface area contributed by atoms with Gasteiger partial charge in [-0.2, -0.15) is 0 Å². The Labute approximate surface area is 216 Å². The van der Waals surface area contributed by atoms with Crippen molar-refractivity contribution in [3.63, 3.8) is 0 Å². The Morgan fingerprint density at radius 3 is 2.38 bits per heavy atom. The van der Waals surface area contributed by atoms with Gasteiger partial charge in [-0.25, -0.2) is 4.39 Å². The second kappa shape index (κ2) is 8.28. The van der Waals surface area contributed by atoms with Crippen molar-refractivity contribution < 1.29 is 4.39 Å². The van der Waals surface area contributed by atoms with Crippen molar-refractivity contribution >= 4 is 22.4 Å². The summed E-state index contributed by atoms with van der Waals surface area (Å²) in [6.07, 6.45) is 5.00. The van der Waals surface area contributed by atoms with Crippen LogP contribution < -0.4 is 10.4 Å². The van der Waals surface area contributed by atoms with Gasteiger partial charge < -0.3 is 0 Å². The van der Waals surface area contributed by atoms with Gasteiger partial charge in [-0.3, -0.25) is 0 Å². The molecular weight excluding hydrogens is 451 g/mol. The zero-order chi connectivity index (χ0) is 25.1. The van der Waals surface area contributed by atoms with Crippen molar-refractivity contribution in [2.75, 3.05) is 0 Å². The number of halogens is 1. The topological polar surface area (TPSA) is 0 Å². The van der Waals surface area contributed by atoms with Gasteiger partial charge in [-0.1, -0.05) is 110 Å². The first kappa shape index (κ1) is 22.2. The number of fused-ring (bicyclic) bond motifs is 5. The number of benzene rings is 5. The van der Waals surface area contributed by atoms with Crippen molar-refractivity contribution in [2.24, 2.45) is 0 Å². The molecule has 0 N–H and O–H groups in total. The standard InChI is InChI=1S/C36H29F/c1-23-9-3-6-12-26(23)30-21-22-36(2,33-20-16-25-11-5-8-14-28(25)35(33)37)34-31-17-15-24-10-4-7-13-27(24)29(31)18-19-32(30)34/h3-16,18-20H,17,21-22H2,1-2H3. The molecule has 0 fully saturated rings. The van der Waals surface area contributed by atoms with E-state index >= 15 is 4.39 Å². The Hall–Kier alpha value is -3.97. The van der Waals surface area contributed by atoms with Crippen LogP contribution in [0.3, 0.4) is 0 Å². The van der Waals surface area contributed by atoms with E-state index < -0.39 is 5.41 Å². The molecule has 5 aromatic carbocycles. The molecular formula is C36H29F. The van der Waals surface area contributed by atoms with Crippen LogP contribution in [0.4, 0.5) is 4.39 Å². The fourth-order valence-electron chi connectivity index (χ4n) is 6.88. The maximum absolute atomic E-state index is 16.3. The fourth-order valence-corrected chi connectivity index (χ4v) is 6.88. The largest absolute Gasteiger partial charge is 0.206 e. The molecule has 0 spiro atoms. The minimum atomic E-state index is -0.429. The average molecular weight is 481 g/mol. The van der Waals surface area contributed by atoms with Gasteiger partial charge in [-0.05, 0) is 85.8 Å². The van der Waals surface area contributed by atoms with Crippen LogP contribution in [-0.4, -0.2) is 0 Å². The molecule has 0 saturated heterocycles. The summed E-state index contributed by atoms with van der Waals surface area (Å²) >= 11 is 0. The predicted molar refractivity (Wildman–Crippen MR) is 151 cm³/mol. The van der Waals surface area contributed by atoms with Crippen LogP contribution in [0.2, 0.25) is 0 Å². The van der Waals surface area contributed by atoms with Gasteiger partial charge in [0, 0.05) is 10.8 Å². The average Bonchev–Trinajstić information content (AvgIpc) is 2.93. The number of rotatable bonds is 2. The van der Waals surface area contributed by atoms with Gasteiger partial charge in [0.05, 0.1) is 0 Å². The highest BCUT2D eigenvalue weighted by molar-refractivity contribution is 5.84. The second-order valence-electron chi connectivity index (χ2n) is 10.8. The van der Waals surface area contributed by atoms with Crippen LogP contribution in [0.15, 0.2) is 97.1 Å². The van der Waals surface area contributed by atoms with E-state index in [1.165, 1.54) is 48.7 Å². The monoisotopic (exact) mass is 480 g/mol. The molecule has 0 saturated carbocycles. The summed E-state index contributed by atoms with van der Waals surface area (Å²) in [6, 6.07) is 33.9. The van der Waals surface area contributed by atoms with E-state index in [9.17, 15) is 0 Å². The number of aryl methyl sites for hydroxylation is 1. The molecule has 2 aliphatic carbocycles. The lowest BCUT2D eigenvalue weighted by Gasteiger charge is -2.38. The normalized spacial score (nSPS) is 18.1. The maximum Gasteiger partial charge on any atom is 0.135 e. The highest BCUT2D eigenvalue weighted by atomic mass is 19.1. The predicted octanol–water partition coefficient (Wildman–Crippen LogP) is 7.21. The third-order valence-electron chi connectivity index (χ3n) is 8.77. The van der Waals surface area contributed by atoms with Crippen LogP contribution in [0.5, 0.6) is 0 Å². The molecule has 0 amide bonds. The van der Waals surface area contributed by atoms with E-state index in [1.54, 1.807) is 0 Å². The molecule has 180 valence electrons. The van der Waals surface area contributed by atoms with Crippen molar-refractivity contribution in [2.45, 2.75) is 38.5 Å².